The van der Waals surface area contributed by atoms with Gasteiger partial charge in [0.1, 0.15) is 0 Å². The predicted molar refractivity (Wildman–Crippen MR) is 134 cm³/mol. The predicted octanol–water partition coefficient (Wildman–Crippen LogP) is 4.66. The molecule has 1 amide bonds. The monoisotopic (exact) mass is 476 g/mol. The summed E-state index contributed by atoms with van der Waals surface area (Å²) in [4.78, 5) is 25.2. The molecule has 7 nitrogen and oxygen atoms in total. The Labute approximate surface area is 205 Å². The van der Waals surface area contributed by atoms with Gasteiger partial charge in [0.2, 0.25) is 11.7 Å². The third-order valence-corrected chi connectivity index (χ3v) is 6.61. The number of Topliss-reactive ketones (excluding diaryl/α,β-unsaturated/α-hetero) is 1. The van der Waals surface area contributed by atoms with Crippen molar-refractivity contribution in [2.75, 3.05) is 21.3 Å². The summed E-state index contributed by atoms with van der Waals surface area (Å²) in [5, 5.41) is 0. The van der Waals surface area contributed by atoms with Crippen LogP contribution in [-0.2, 0) is 12.8 Å². The number of ether oxygens (including phenoxy) is 3. The summed E-state index contributed by atoms with van der Waals surface area (Å²) in [6, 6.07) is 9.32. The van der Waals surface area contributed by atoms with Crippen molar-refractivity contribution in [2.45, 2.75) is 40.0 Å². The van der Waals surface area contributed by atoms with Gasteiger partial charge in [0.25, 0.3) is 0 Å². The van der Waals surface area contributed by atoms with Crippen LogP contribution >= 0.6 is 0 Å². The summed E-state index contributed by atoms with van der Waals surface area (Å²) in [7, 11) is 4.69. The number of primary amides is 1. The lowest BCUT2D eigenvalue weighted by Crippen LogP contribution is -2.28. The maximum absolute atomic E-state index is 12.9. The molecule has 0 fully saturated rings. The second kappa shape index (κ2) is 9.13. The van der Waals surface area contributed by atoms with Crippen molar-refractivity contribution in [3.63, 3.8) is 0 Å². The maximum atomic E-state index is 12.9. The van der Waals surface area contributed by atoms with Gasteiger partial charge < -0.3 is 24.5 Å². The molecule has 3 aromatic rings. The molecule has 0 aliphatic heterocycles. The summed E-state index contributed by atoms with van der Waals surface area (Å²) in [5.41, 5.74) is 11.4. The third-order valence-electron chi connectivity index (χ3n) is 6.61. The first-order valence-corrected chi connectivity index (χ1v) is 11.5. The van der Waals surface area contributed by atoms with Gasteiger partial charge >= 0.3 is 0 Å². The number of ketones is 1. The zero-order valence-corrected chi connectivity index (χ0v) is 21.2. The fourth-order valence-corrected chi connectivity index (χ4v) is 5.08. The molecule has 0 spiro atoms. The minimum absolute atomic E-state index is 0.112. The number of methoxy groups -OCH3 is 3. The Morgan fingerprint density at radius 3 is 2.26 bits per heavy atom. The Balaban J connectivity index is 1.82. The first-order chi connectivity index (χ1) is 16.6. The first kappa shape index (κ1) is 24.4. The highest BCUT2D eigenvalue weighted by atomic mass is 16.5. The molecule has 35 heavy (non-hydrogen) atoms. The third kappa shape index (κ3) is 4.50. The number of amides is 1. The average molecular weight is 477 g/mol. The van der Waals surface area contributed by atoms with Gasteiger partial charge in [0.15, 0.2) is 17.3 Å². The highest BCUT2D eigenvalue weighted by molar-refractivity contribution is 6.00. The van der Waals surface area contributed by atoms with Gasteiger partial charge in [-0.3, -0.25) is 9.59 Å². The van der Waals surface area contributed by atoms with E-state index in [0.29, 0.717) is 35.7 Å². The fourth-order valence-electron chi connectivity index (χ4n) is 5.08. The molecule has 2 N–H and O–H groups in total. The number of hydrogen-bond donors (Lipinski definition) is 1. The van der Waals surface area contributed by atoms with Crippen molar-refractivity contribution >= 4 is 11.7 Å². The Hall–Kier alpha value is -3.74. The van der Waals surface area contributed by atoms with Crippen LogP contribution in [0.2, 0.25) is 0 Å². The van der Waals surface area contributed by atoms with Gasteiger partial charge in [-0.1, -0.05) is 13.8 Å². The summed E-state index contributed by atoms with van der Waals surface area (Å²) in [6.07, 6.45) is 3.77. The first-order valence-electron chi connectivity index (χ1n) is 11.5. The lowest BCUT2D eigenvalue weighted by molar-refractivity contribution is 0.0909. The van der Waals surface area contributed by atoms with Crippen LogP contribution < -0.4 is 19.9 Å². The number of hydrogen-bond acceptors (Lipinski definition) is 5. The van der Waals surface area contributed by atoms with Crippen LogP contribution in [0, 0.1) is 12.3 Å². The highest BCUT2D eigenvalue weighted by Crippen LogP contribution is 2.40. The van der Waals surface area contributed by atoms with Gasteiger partial charge in [-0.15, -0.1) is 0 Å². The topological polar surface area (TPSA) is 92.8 Å². The largest absolute Gasteiger partial charge is 0.493 e. The SMILES string of the molecule is COc1cc(Cc2cc(-n3cc(C)c4c3CC(C)(C)CC4=O)ccc2C(N)=O)cc(OC)c1OC. The second-order valence-electron chi connectivity index (χ2n) is 9.86. The number of carbonyl (C=O) groups is 2. The van der Waals surface area contributed by atoms with E-state index in [9.17, 15) is 9.59 Å². The van der Waals surface area contributed by atoms with E-state index in [0.717, 1.165) is 40.1 Å². The lowest BCUT2D eigenvalue weighted by atomic mass is 9.75. The molecule has 0 bridgehead atoms. The van der Waals surface area contributed by atoms with Crippen molar-refractivity contribution in [3.8, 4) is 22.9 Å². The summed E-state index contributed by atoms with van der Waals surface area (Å²) >= 11 is 0. The van der Waals surface area contributed by atoms with Crippen LogP contribution in [0.1, 0.15) is 63.4 Å². The van der Waals surface area contributed by atoms with Crippen LogP contribution in [0.3, 0.4) is 0 Å². The zero-order chi connectivity index (χ0) is 25.5. The molecule has 0 saturated carbocycles. The van der Waals surface area contributed by atoms with Crippen LogP contribution in [0.25, 0.3) is 5.69 Å². The zero-order valence-electron chi connectivity index (χ0n) is 21.2. The van der Waals surface area contributed by atoms with Crippen molar-refractivity contribution in [1.82, 2.24) is 4.57 Å². The minimum atomic E-state index is -0.499. The van der Waals surface area contributed by atoms with E-state index in [4.69, 9.17) is 19.9 Å². The Bertz CT molecular complexity index is 1290. The maximum Gasteiger partial charge on any atom is 0.248 e. The van der Waals surface area contributed by atoms with E-state index in [1.807, 2.05) is 37.4 Å². The molecule has 4 rings (SSSR count). The average Bonchev–Trinajstić information content (AvgIpc) is 3.13. The van der Waals surface area contributed by atoms with E-state index in [1.165, 1.54) is 0 Å². The Morgan fingerprint density at radius 2 is 1.69 bits per heavy atom. The van der Waals surface area contributed by atoms with E-state index in [-0.39, 0.29) is 11.2 Å². The van der Waals surface area contributed by atoms with Gasteiger partial charge in [0.05, 0.1) is 21.3 Å². The summed E-state index contributed by atoms with van der Waals surface area (Å²) in [5.74, 6) is 1.26. The smallest absolute Gasteiger partial charge is 0.248 e. The van der Waals surface area contributed by atoms with Gasteiger partial charge in [-0.25, -0.2) is 0 Å². The van der Waals surface area contributed by atoms with Gasteiger partial charge in [0, 0.05) is 35.1 Å². The molecule has 1 heterocycles. The Kier molecular flexibility index (Phi) is 6.36. The van der Waals surface area contributed by atoms with E-state index in [2.05, 4.69) is 18.4 Å². The lowest BCUT2D eigenvalue weighted by Gasteiger charge is -2.30. The van der Waals surface area contributed by atoms with E-state index >= 15 is 0 Å². The summed E-state index contributed by atoms with van der Waals surface area (Å²) < 4.78 is 18.5. The number of aromatic nitrogens is 1. The number of carbonyl (C=O) groups excluding carboxylic acids is 2. The molecule has 1 aromatic heterocycles. The number of nitrogens with two attached hydrogens (primary N) is 1. The molecule has 7 heteroatoms. The normalized spacial score (nSPS) is 14.4. The van der Waals surface area contributed by atoms with Gasteiger partial charge in [-0.05, 0) is 72.2 Å². The van der Waals surface area contributed by atoms with Crippen LogP contribution in [0.5, 0.6) is 17.2 Å². The van der Waals surface area contributed by atoms with Gasteiger partial charge in [-0.2, -0.15) is 0 Å². The van der Waals surface area contributed by atoms with Crippen molar-refractivity contribution in [3.05, 3.63) is 70.0 Å². The van der Waals surface area contributed by atoms with Crippen molar-refractivity contribution in [1.29, 1.82) is 0 Å². The molecule has 0 radical (unpaired) electrons. The number of aryl methyl sites for hydroxylation is 1. The quantitative estimate of drug-likeness (QED) is 0.536. The molecule has 1 aliphatic rings. The second-order valence-corrected chi connectivity index (χ2v) is 9.86. The molecule has 1 aliphatic carbocycles. The number of benzene rings is 2. The number of fused-ring (bicyclic) bond motifs is 1. The van der Waals surface area contributed by atoms with E-state index < -0.39 is 5.91 Å². The van der Waals surface area contributed by atoms with Crippen LogP contribution in [0.4, 0.5) is 0 Å². The van der Waals surface area contributed by atoms with Crippen LogP contribution in [0.15, 0.2) is 36.5 Å². The standard InChI is InChI=1S/C28H32N2O5/c1-16-15-30(21-13-28(2,3)14-22(31)25(16)21)19-7-8-20(27(29)32)18(12-19)9-17-10-23(33-4)26(35-6)24(11-17)34-5/h7-8,10-12,15H,9,13-14H2,1-6H3,(H2,29,32). The molecule has 0 atom stereocenters. The fraction of sp³-hybridized carbons (Fsp3) is 0.357. The number of rotatable bonds is 7. The molecule has 0 saturated heterocycles. The minimum Gasteiger partial charge on any atom is -0.493 e. The molecule has 184 valence electrons. The van der Waals surface area contributed by atoms with Crippen molar-refractivity contribution in [2.24, 2.45) is 11.1 Å². The Morgan fingerprint density at radius 1 is 1.03 bits per heavy atom. The molecule has 2 aromatic carbocycles. The molecular formula is C28H32N2O5. The highest BCUT2D eigenvalue weighted by Gasteiger charge is 2.34. The summed E-state index contributed by atoms with van der Waals surface area (Å²) in [6.45, 7) is 6.21. The number of nitrogens with zero attached hydrogens (tertiary/aromatic N) is 1. The molecule has 0 unspecified atom stereocenters. The molecular weight excluding hydrogens is 444 g/mol. The van der Waals surface area contributed by atoms with E-state index in [1.54, 1.807) is 27.4 Å². The van der Waals surface area contributed by atoms with Crippen molar-refractivity contribution < 1.29 is 23.8 Å². The van der Waals surface area contributed by atoms with Crippen LogP contribution in [-0.4, -0.2) is 37.6 Å².